The van der Waals surface area contributed by atoms with Gasteiger partial charge < -0.3 is 15.0 Å². The van der Waals surface area contributed by atoms with Gasteiger partial charge in [-0.15, -0.1) is 0 Å². The normalized spacial score (nSPS) is 11.6. The van der Waals surface area contributed by atoms with Gasteiger partial charge in [-0.05, 0) is 26.7 Å². The average molecular weight is 325 g/mol. The second kappa shape index (κ2) is 17.1. The summed E-state index contributed by atoms with van der Waals surface area (Å²) in [6, 6.07) is 0. The molecule has 0 aromatic rings. The van der Waals surface area contributed by atoms with Crippen molar-refractivity contribution in [1.82, 2.24) is 0 Å². The second-order valence-corrected chi connectivity index (χ2v) is 5.49. The number of halogens is 1. The molecule has 0 bridgehead atoms. The van der Waals surface area contributed by atoms with Crippen molar-refractivity contribution in [2.24, 2.45) is 0 Å². The molecular formula is C14H29BrO3. The zero-order valence-corrected chi connectivity index (χ0v) is 13.4. The Morgan fingerprint density at radius 3 is 1.78 bits per heavy atom. The topological polar surface area (TPSA) is 57.5 Å². The Balaban J connectivity index is 0. The largest absolute Gasteiger partial charge is 0.394 e. The van der Waals surface area contributed by atoms with Crippen LogP contribution in [0.2, 0.25) is 0 Å². The van der Waals surface area contributed by atoms with Crippen molar-refractivity contribution < 1.29 is 15.0 Å². The van der Waals surface area contributed by atoms with Crippen LogP contribution in [-0.4, -0.2) is 34.0 Å². The fraction of sp³-hybridized carbons (Fsp3) is 0.929. The van der Waals surface area contributed by atoms with E-state index in [1.54, 1.807) is 0 Å². The molecule has 3 nitrogen and oxygen atoms in total. The minimum Gasteiger partial charge on any atom is -0.394 e. The van der Waals surface area contributed by atoms with Crippen LogP contribution in [0.3, 0.4) is 0 Å². The van der Waals surface area contributed by atoms with Crippen molar-refractivity contribution in [1.29, 1.82) is 0 Å². The summed E-state index contributed by atoms with van der Waals surface area (Å²) in [6.07, 6.45) is 8.98. The molecule has 0 aliphatic heterocycles. The summed E-state index contributed by atoms with van der Waals surface area (Å²) < 4.78 is 0. The summed E-state index contributed by atoms with van der Waals surface area (Å²) in [4.78, 5) is 9.44. The summed E-state index contributed by atoms with van der Waals surface area (Å²) in [5, 5.41) is 18.8. The van der Waals surface area contributed by atoms with Crippen LogP contribution in [-0.2, 0) is 4.79 Å². The van der Waals surface area contributed by atoms with E-state index in [0.29, 0.717) is 0 Å². The number of hydrogen-bond donors (Lipinski definition) is 2. The number of ketones is 1. The van der Waals surface area contributed by atoms with Crippen LogP contribution >= 0.6 is 15.9 Å². The maximum absolute atomic E-state index is 9.44. The third-order valence-corrected chi connectivity index (χ3v) is 2.94. The summed E-state index contributed by atoms with van der Waals surface area (Å²) in [6.45, 7) is 2.96. The quantitative estimate of drug-likeness (QED) is 0.478. The minimum atomic E-state index is -0.497. The van der Waals surface area contributed by atoms with Gasteiger partial charge in [0.2, 0.25) is 0 Å². The summed E-state index contributed by atoms with van der Waals surface area (Å²) in [5.74, 6) is 0.167. The van der Waals surface area contributed by atoms with Gasteiger partial charge in [-0.25, -0.2) is 0 Å². The van der Waals surface area contributed by atoms with E-state index >= 15 is 0 Å². The highest BCUT2D eigenvalue weighted by atomic mass is 79.9. The zero-order chi connectivity index (χ0) is 14.2. The maximum Gasteiger partial charge on any atom is 0.126 e. The molecule has 0 aliphatic rings. The fourth-order valence-corrected chi connectivity index (χ4v) is 1.85. The van der Waals surface area contributed by atoms with Crippen molar-refractivity contribution >= 4 is 21.7 Å². The molecule has 2 N–H and O–H groups in total. The maximum atomic E-state index is 9.44. The van der Waals surface area contributed by atoms with E-state index in [4.69, 9.17) is 10.2 Å². The number of Topliss-reactive ketones (excluding diaryl/α,β-unsaturated/α-hetero) is 1. The van der Waals surface area contributed by atoms with Crippen LogP contribution in [0, 0.1) is 0 Å². The molecule has 4 heteroatoms. The van der Waals surface area contributed by atoms with Crippen molar-refractivity contribution in [3.05, 3.63) is 0 Å². The fourth-order valence-electron chi connectivity index (χ4n) is 1.45. The highest BCUT2D eigenvalue weighted by Crippen LogP contribution is 2.10. The molecule has 1 unspecified atom stereocenters. The van der Waals surface area contributed by atoms with Gasteiger partial charge in [-0.2, -0.15) is 0 Å². The number of rotatable bonds is 10. The van der Waals surface area contributed by atoms with Crippen LogP contribution in [0.25, 0.3) is 0 Å². The molecule has 0 saturated carbocycles. The van der Waals surface area contributed by atoms with Crippen molar-refractivity contribution in [2.45, 2.75) is 71.3 Å². The van der Waals surface area contributed by atoms with E-state index in [0.717, 1.165) is 18.2 Å². The molecule has 110 valence electrons. The van der Waals surface area contributed by atoms with E-state index in [1.165, 1.54) is 52.4 Å². The first-order valence-corrected chi connectivity index (χ1v) is 7.98. The molecule has 0 aromatic carbocycles. The third kappa shape index (κ3) is 25.1. The molecule has 1 atom stereocenters. The van der Waals surface area contributed by atoms with Gasteiger partial charge in [-0.1, -0.05) is 54.5 Å². The minimum absolute atomic E-state index is 0.0920. The smallest absolute Gasteiger partial charge is 0.126 e. The zero-order valence-electron chi connectivity index (χ0n) is 11.8. The van der Waals surface area contributed by atoms with E-state index < -0.39 is 6.10 Å². The number of hydrogen-bond acceptors (Lipinski definition) is 3. The molecule has 0 rings (SSSR count). The Morgan fingerprint density at radius 2 is 1.39 bits per heavy atom. The van der Waals surface area contributed by atoms with Gasteiger partial charge in [-0.3, -0.25) is 0 Å². The van der Waals surface area contributed by atoms with Gasteiger partial charge >= 0.3 is 0 Å². The van der Waals surface area contributed by atoms with Crippen molar-refractivity contribution in [3.8, 4) is 0 Å². The lowest BCUT2D eigenvalue weighted by atomic mass is 10.1. The number of aliphatic hydroxyl groups excluding tert-OH is 2. The van der Waals surface area contributed by atoms with Gasteiger partial charge in [0, 0.05) is 5.33 Å². The van der Waals surface area contributed by atoms with Crippen molar-refractivity contribution in [3.63, 3.8) is 0 Å². The standard InChI is InChI=1S/C11H23BrO2.C3H6O/c12-9-7-5-3-1-2-4-6-8-11(14)10-13;1-3(2)4/h11,13-14H,1-10H2;1-2H3. The molecule has 0 spiro atoms. The molecule has 0 radical (unpaired) electrons. The van der Waals surface area contributed by atoms with Crippen LogP contribution in [0.5, 0.6) is 0 Å². The highest BCUT2D eigenvalue weighted by molar-refractivity contribution is 9.09. The highest BCUT2D eigenvalue weighted by Gasteiger charge is 2.00. The van der Waals surface area contributed by atoms with Crippen molar-refractivity contribution in [2.75, 3.05) is 11.9 Å². The number of unbranched alkanes of at least 4 members (excludes halogenated alkanes) is 6. The molecule has 0 amide bonds. The molecular weight excluding hydrogens is 296 g/mol. The Labute approximate surface area is 120 Å². The number of carbonyl (C=O) groups excluding carboxylic acids is 1. The lowest BCUT2D eigenvalue weighted by Gasteiger charge is -2.05. The summed E-state index contributed by atoms with van der Waals surface area (Å²) in [5.41, 5.74) is 0. The first kappa shape index (κ1) is 20.4. The van der Waals surface area contributed by atoms with E-state index in [1.807, 2.05) is 0 Å². The first-order valence-electron chi connectivity index (χ1n) is 6.86. The predicted octanol–water partition coefficient (Wildman–Crippen LogP) is 3.45. The van der Waals surface area contributed by atoms with Crippen LogP contribution in [0.1, 0.15) is 65.2 Å². The lowest BCUT2D eigenvalue weighted by Crippen LogP contribution is -2.10. The monoisotopic (exact) mass is 324 g/mol. The average Bonchev–Trinajstić information content (AvgIpc) is 2.31. The van der Waals surface area contributed by atoms with E-state index in [9.17, 15) is 4.79 Å². The summed E-state index contributed by atoms with van der Waals surface area (Å²) >= 11 is 3.42. The summed E-state index contributed by atoms with van der Waals surface area (Å²) in [7, 11) is 0. The Kier molecular flexibility index (Phi) is 19.3. The van der Waals surface area contributed by atoms with Crippen LogP contribution in [0.4, 0.5) is 0 Å². The second-order valence-electron chi connectivity index (χ2n) is 4.70. The lowest BCUT2D eigenvalue weighted by molar-refractivity contribution is -0.114. The molecule has 0 fully saturated rings. The first-order chi connectivity index (χ1) is 8.54. The van der Waals surface area contributed by atoms with Gasteiger partial charge in [0.1, 0.15) is 5.78 Å². The number of alkyl halides is 1. The molecule has 0 aromatic heterocycles. The van der Waals surface area contributed by atoms with Gasteiger partial charge in [0.15, 0.2) is 0 Å². The number of aliphatic hydroxyl groups is 2. The Morgan fingerprint density at radius 1 is 1.00 bits per heavy atom. The molecule has 18 heavy (non-hydrogen) atoms. The van der Waals surface area contributed by atoms with E-state index in [-0.39, 0.29) is 12.4 Å². The number of carbonyl (C=O) groups is 1. The Bertz CT molecular complexity index is 170. The predicted molar refractivity (Wildman–Crippen MR) is 80.2 cm³/mol. The van der Waals surface area contributed by atoms with Crippen LogP contribution < -0.4 is 0 Å². The third-order valence-electron chi connectivity index (χ3n) is 2.38. The van der Waals surface area contributed by atoms with Gasteiger partial charge in [0.05, 0.1) is 12.7 Å². The molecule has 0 heterocycles. The Hall–Kier alpha value is 0.0700. The van der Waals surface area contributed by atoms with Gasteiger partial charge in [0.25, 0.3) is 0 Å². The van der Waals surface area contributed by atoms with Crippen LogP contribution in [0.15, 0.2) is 0 Å². The SMILES string of the molecule is CC(C)=O.OCC(O)CCCCCCCCCBr. The van der Waals surface area contributed by atoms with E-state index in [2.05, 4.69) is 15.9 Å². The molecule has 0 saturated heterocycles. The molecule has 0 aliphatic carbocycles.